The van der Waals surface area contributed by atoms with Gasteiger partial charge in [-0.2, -0.15) is 0 Å². The molecular formula is C41H28N2. The van der Waals surface area contributed by atoms with Gasteiger partial charge in [-0.15, -0.1) is 0 Å². The van der Waals surface area contributed by atoms with Crippen molar-refractivity contribution in [2.75, 3.05) is 0 Å². The fourth-order valence-corrected chi connectivity index (χ4v) is 6.31. The first-order valence-electron chi connectivity index (χ1n) is 14.7. The Hall–Kier alpha value is -5.60. The number of hydrogen-bond donors (Lipinski definition) is 0. The van der Waals surface area contributed by atoms with Gasteiger partial charge in [-0.3, -0.25) is 0 Å². The Morgan fingerprint density at radius 2 is 0.884 bits per heavy atom. The Kier molecular flexibility index (Phi) is 6.05. The highest BCUT2D eigenvalue weighted by molar-refractivity contribution is 6.15. The van der Waals surface area contributed by atoms with Crippen LogP contribution < -0.4 is 0 Å². The van der Waals surface area contributed by atoms with Gasteiger partial charge in [0.05, 0.1) is 11.4 Å². The number of nitrogens with zero attached hydrogens (tertiary/aromatic N) is 2. The molecule has 7 aromatic carbocycles. The molecule has 8 aromatic rings. The summed E-state index contributed by atoms with van der Waals surface area (Å²) in [5.41, 5.74) is 8.75. The largest absolute Gasteiger partial charge is 0.228 e. The zero-order valence-corrected chi connectivity index (χ0v) is 23.8. The molecule has 1 aromatic heterocycles. The van der Waals surface area contributed by atoms with Gasteiger partial charge in [-0.05, 0) is 68.1 Å². The molecule has 0 amide bonds. The molecule has 0 atom stereocenters. The Bertz CT molecular complexity index is 2280. The van der Waals surface area contributed by atoms with E-state index in [9.17, 15) is 0 Å². The van der Waals surface area contributed by atoms with E-state index < -0.39 is 0 Å². The van der Waals surface area contributed by atoms with E-state index >= 15 is 0 Å². The quantitative estimate of drug-likeness (QED) is 0.204. The molecule has 8 rings (SSSR count). The van der Waals surface area contributed by atoms with Gasteiger partial charge in [0.15, 0.2) is 5.82 Å². The first-order valence-corrected chi connectivity index (χ1v) is 14.7. The molecule has 0 aliphatic heterocycles. The van der Waals surface area contributed by atoms with Crippen LogP contribution in [0.3, 0.4) is 0 Å². The number of hydrogen-bond acceptors (Lipinski definition) is 2. The second kappa shape index (κ2) is 10.3. The molecule has 0 aliphatic rings. The minimum atomic E-state index is 0.725. The molecule has 0 bridgehead atoms. The summed E-state index contributed by atoms with van der Waals surface area (Å²) in [7, 11) is 0. The number of rotatable bonds is 4. The van der Waals surface area contributed by atoms with E-state index in [4.69, 9.17) is 9.97 Å². The summed E-state index contributed by atoms with van der Waals surface area (Å²) in [6.45, 7) is 2.24. The van der Waals surface area contributed by atoms with Crippen LogP contribution in [0.1, 0.15) is 5.56 Å². The highest BCUT2D eigenvalue weighted by atomic mass is 14.9. The lowest BCUT2D eigenvalue weighted by atomic mass is 9.88. The summed E-state index contributed by atoms with van der Waals surface area (Å²) in [5.74, 6) is 0.725. The highest BCUT2D eigenvalue weighted by Crippen LogP contribution is 2.39. The normalized spacial score (nSPS) is 11.4. The smallest absolute Gasteiger partial charge is 0.160 e. The summed E-state index contributed by atoms with van der Waals surface area (Å²) < 4.78 is 0. The maximum absolute atomic E-state index is 5.11. The minimum Gasteiger partial charge on any atom is -0.228 e. The summed E-state index contributed by atoms with van der Waals surface area (Å²) in [4.78, 5) is 10.1. The minimum absolute atomic E-state index is 0.725. The van der Waals surface area contributed by atoms with Crippen LogP contribution in [0.25, 0.3) is 77.3 Å². The second-order valence-electron chi connectivity index (χ2n) is 11.1. The van der Waals surface area contributed by atoms with E-state index in [1.165, 1.54) is 49.0 Å². The number of aryl methyl sites for hydroxylation is 1. The number of fused-ring (bicyclic) bond motifs is 4. The Labute approximate surface area is 251 Å². The van der Waals surface area contributed by atoms with Crippen LogP contribution in [-0.4, -0.2) is 9.97 Å². The molecule has 0 radical (unpaired) electrons. The molecule has 2 heteroatoms. The molecule has 0 N–H and O–H groups in total. The van der Waals surface area contributed by atoms with E-state index in [1.807, 2.05) is 6.07 Å². The van der Waals surface area contributed by atoms with Crippen molar-refractivity contribution in [1.82, 2.24) is 9.97 Å². The summed E-state index contributed by atoms with van der Waals surface area (Å²) in [6.07, 6.45) is 0. The fourth-order valence-electron chi connectivity index (χ4n) is 6.31. The van der Waals surface area contributed by atoms with E-state index in [2.05, 4.69) is 153 Å². The lowest BCUT2D eigenvalue weighted by Gasteiger charge is -2.16. The van der Waals surface area contributed by atoms with E-state index in [-0.39, 0.29) is 0 Å². The molecule has 0 spiro atoms. The van der Waals surface area contributed by atoms with Gasteiger partial charge in [-0.25, -0.2) is 9.97 Å². The summed E-state index contributed by atoms with van der Waals surface area (Å²) in [6, 6.07) is 53.6. The lowest BCUT2D eigenvalue weighted by Crippen LogP contribution is -1.96. The number of aromatic nitrogens is 2. The molecule has 0 unspecified atom stereocenters. The van der Waals surface area contributed by atoms with Crippen LogP contribution >= 0.6 is 0 Å². The Morgan fingerprint density at radius 1 is 0.372 bits per heavy atom. The van der Waals surface area contributed by atoms with Crippen molar-refractivity contribution in [3.8, 4) is 45.0 Å². The van der Waals surface area contributed by atoms with Crippen LogP contribution in [0.4, 0.5) is 0 Å². The molecule has 1 heterocycles. The number of benzene rings is 7. The van der Waals surface area contributed by atoms with Crippen LogP contribution in [0.5, 0.6) is 0 Å². The SMILES string of the molecule is Cc1c(-c2ccc(-c3cc(-c4ccccc4)nc(-c4ccc5ccccc5c4)n3)cc2)c2ccccc2c2ccccc12. The summed E-state index contributed by atoms with van der Waals surface area (Å²) >= 11 is 0. The average Bonchev–Trinajstić information content (AvgIpc) is 3.09. The molecule has 2 nitrogen and oxygen atoms in total. The van der Waals surface area contributed by atoms with Crippen LogP contribution in [0, 0.1) is 6.92 Å². The molecule has 0 aliphatic carbocycles. The van der Waals surface area contributed by atoms with Gasteiger partial charge in [0.1, 0.15) is 0 Å². The predicted octanol–water partition coefficient (Wildman–Crippen LogP) is 10.9. The van der Waals surface area contributed by atoms with Crippen LogP contribution in [0.2, 0.25) is 0 Å². The lowest BCUT2D eigenvalue weighted by molar-refractivity contribution is 1.18. The maximum atomic E-state index is 5.11. The molecule has 0 saturated carbocycles. The highest BCUT2D eigenvalue weighted by Gasteiger charge is 2.15. The van der Waals surface area contributed by atoms with Crippen molar-refractivity contribution in [2.45, 2.75) is 6.92 Å². The molecule has 0 saturated heterocycles. The average molecular weight is 549 g/mol. The van der Waals surface area contributed by atoms with Gasteiger partial charge < -0.3 is 0 Å². The van der Waals surface area contributed by atoms with Crippen LogP contribution in [-0.2, 0) is 0 Å². The summed E-state index contributed by atoms with van der Waals surface area (Å²) in [5, 5.41) is 7.54. The van der Waals surface area contributed by atoms with Gasteiger partial charge in [0.2, 0.25) is 0 Å². The Morgan fingerprint density at radius 3 is 1.60 bits per heavy atom. The third kappa shape index (κ3) is 4.45. The monoisotopic (exact) mass is 548 g/mol. The van der Waals surface area contributed by atoms with E-state index in [0.29, 0.717) is 0 Å². The second-order valence-corrected chi connectivity index (χ2v) is 11.1. The third-order valence-electron chi connectivity index (χ3n) is 8.47. The van der Waals surface area contributed by atoms with Gasteiger partial charge in [-0.1, -0.05) is 140 Å². The Balaban J connectivity index is 1.27. The van der Waals surface area contributed by atoms with Crippen LogP contribution in [0.15, 0.2) is 152 Å². The van der Waals surface area contributed by atoms with Crippen molar-refractivity contribution in [3.63, 3.8) is 0 Å². The molecule has 202 valence electrons. The van der Waals surface area contributed by atoms with Crippen molar-refractivity contribution in [1.29, 1.82) is 0 Å². The van der Waals surface area contributed by atoms with Gasteiger partial charge >= 0.3 is 0 Å². The predicted molar refractivity (Wildman–Crippen MR) is 181 cm³/mol. The maximum Gasteiger partial charge on any atom is 0.160 e. The third-order valence-corrected chi connectivity index (χ3v) is 8.47. The first-order chi connectivity index (χ1) is 21.2. The van der Waals surface area contributed by atoms with Gasteiger partial charge in [0.25, 0.3) is 0 Å². The van der Waals surface area contributed by atoms with Crippen molar-refractivity contribution in [3.05, 3.63) is 157 Å². The molecule has 43 heavy (non-hydrogen) atoms. The fraction of sp³-hybridized carbons (Fsp3) is 0.0244. The van der Waals surface area contributed by atoms with E-state index in [1.54, 1.807) is 0 Å². The molecule has 0 fully saturated rings. The first kappa shape index (κ1) is 25.1. The molecular weight excluding hydrogens is 520 g/mol. The van der Waals surface area contributed by atoms with Crippen molar-refractivity contribution >= 4 is 32.3 Å². The zero-order valence-electron chi connectivity index (χ0n) is 23.8. The van der Waals surface area contributed by atoms with Crippen molar-refractivity contribution in [2.24, 2.45) is 0 Å². The van der Waals surface area contributed by atoms with Gasteiger partial charge in [0, 0.05) is 16.7 Å². The van der Waals surface area contributed by atoms with E-state index in [0.717, 1.165) is 33.9 Å². The standard InChI is InChI=1S/C41H28N2/c1-27-34-15-7-8-16-35(34)36-17-9-10-18-37(36)40(27)31-22-20-30(21-23-31)39-26-38(29-12-3-2-4-13-29)42-41(43-39)33-24-19-28-11-5-6-14-32(28)25-33/h2-26H,1H3. The topological polar surface area (TPSA) is 25.8 Å². The zero-order chi connectivity index (χ0) is 28.8. The van der Waals surface area contributed by atoms with Crippen molar-refractivity contribution < 1.29 is 0 Å².